The first-order valence-electron chi connectivity index (χ1n) is 10.5. The second kappa shape index (κ2) is 8.20. The first-order valence-corrected chi connectivity index (χ1v) is 11.3. The van der Waals surface area contributed by atoms with Crippen LogP contribution < -0.4 is 4.90 Å². The number of aromatic nitrogens is 2. The van der Waals surface area contributed by atoms with E-state index in [2.05, 4.69) is 38.4 Å². The van der Waals surface area contributed by atoms with Crippen LogP contribution in [0.5, 0.6) is 0 Å². The molecule has 1 fully saturated rings. The molecule has 2 aromatic heterocycles. The maximum atomic E-state index is 12.5. The van der Waals surface area contributed by atoms with Gasteiger partial charge in [-0.2, -0.15) is 4.37 Å². The summed E-state index contributed by atoms with van der Waals surface area (Å²) in [7, 11) is 0. The molecule has 7 nitrogen and oxygen atoms in total. The lowest BCUT2D eigenvalue weighted by Gasteiger charge is -2.35. The SMILES string of the molecule is O=C1Cc2cccn2C(=O)N1CCCCN1CCN(c2nsc3ccccc23)CC1. The summed E-state index contributed by atoms with van der Waals surface area (Å²) in [6, 6.07) is 11.9. The van der Waals surface area contributed by atoms with Crippen molar-refractivity contribution >= 4 is 39.4 Å². The Morgan fingerprint density at radius 3 is 2.60 bits per heavy atom. The maximum Gasteiger partial charge on any atom is 0.335 e. The van der Waals surface area contributed by atoms with Gasteiger partial charge in [0.15, 0.2) is 0 Å². The Morgan fingerprint density at radius 1 is 0.933 bits per heavy atom. The van der Waals surface area contributed by atoms with E-state index in [1.165, 1.54) is 15.0 Å². The Bertz CT molecular complexity index is 1070. The molecule has 2 aliphatic rings. The van der Waals surface area contributed by atoms with Crippen molar-refractivity contribution in [2.45, 2.75) is 19.3 Å². The fourth-order valence-electron chi connectivity index (χ4n) is 4.34. The van der Waals surface area contributed by atoms with E-state index < -0.39 is 0 Å². The molecular formula is C22H25N5O2S. The van der Waals surface area contributed by atoms with Crippen molar-refractivity contribution in [1.82, 2.24) is 18.7 Å². The van der Waals surface area contributed by atoms with Crippen molar-refractivity contribution in [3.05, 3.63) is 48.3 Å². The summed E-state index contributed by atoms with van der Waals surface area (Å²) in [5, 5.41) is 1.25. The predicted molar refractivity (Wildman–Crippen MR) is 118 cm³/mol. The highest BCUT2D eigenvalue weighted by Gasteiger charge is 2.29. The second-order valence-electron chi connectivity index (χ2n) is 7.91. The number of rotatable bonds is 6. The highest BCUT2D eigenvalue weighted by Crippen LogP contribution is 2.29. The van der Waals surface area contributed by atoms with Crippen molar-refractivity contribution in [2.75, 3.05) is 44.2 Å². The molecule has 0 saturated carbocycles. The van der Waals surface area contributed by atoms with Gasteiger partial charge < -0.3 is 4.90 Å². The van der Waals surface area contributed by atoms with Gasteiger partial charge >= 0.3 is 6.03 Å². The Labute approximate surface area is 179 Å². The van der Waals surface area contributed by atoms with Gasteiger partial charge in [-0.1, -0.05) is 12.1 Å². The normalized spacial score (nSPS) is 17.7. The van der Waals surface area contributed by atoms with Crippen LogP contribution >= 0.6 is 11.5 Å². The van der Waals surface area contributed by atoms with Crippen LogP contribution in [0.1, 0.15) is 18.5 Å². The third-order valence-corrected chi connectivity index (χ3v) is 6.86. The molecule has 0 N–H and O–H groups in total. The molecule has 5 rings (SSSR count). The number of carbonyl (C=O) groups excluding carboxylic acids is 2. The third kappa shape index (κ3) is 3.61. The minimum absolute atomic E-state index is 0.0877. The molecule has 156 valence electrons. The summed E-state index contributed by atoms with van der Waals surface area (Å²) in [6.07, 6.45) is 3.87. The van der Waals surface area contributed by atoms with Crippen molar-refractivity contribution in [3.63, 3.8) is 0 Å². The summed E-state index contributed by atoms with van der Waals surface area (Å²) in [6.45, 7) is 5.48. The molecular weight excluding hydrogens is 398 g/mol. The van der Waals surface area contributed by atoms with Crippen LogP contribution in [0, 0.1) is 0 Å². The van der Waals surface area contributed by atoms with Crippen LogP contribution in [0.15, 0.2) is 42.6 Å². The first kappa shape index (κ1) is 19.3. The van der Waals surface area contributed by atoms with Crippen LogP contribution in [0.2, 0.25) is 0 Å². The molecule has 4 heterocycles. The average molecular weight is 424 g/mol. The van der Waals surface area contributed by atoms with Gasteiger partial charge in [-0.05, 0) is 55.2 Å². The van der Waals surface area contributed by atoms with Crippen molar-refractivity contribution in [2.24, 2.45) is 0 Å². The number of fused-ring (bicyclic) bond motifs is 2. The molecule has 0 radical (unpaired) electrons. The maximum absolute atomic E-state index is 12.5. The average Bonchev–Trinajstić information content (AvgIpc) is 3.40. The lowest BCUT2D eigenvalue weighted by atomic mass is 10.2. The Hall–Kier alpha value is -2.71. The van der Waals surface area contributed by atoms with E-state index >= 15 is 0 Å². The molecule has 0 bridgehead atoms. The minimum atomic E-state index is -0.213. The molecule has 2 amide bonds. The van der Waals surface area contributed by atoms with E-state index in [0.29, 0.717) is 13.0 Å². The third-order valence-electron chi connectivity index (χ3n) is 6.04. The number of unbranched alkanes of at least 4 members (excludes halogenated alkanes) is 1. The van der Waals surface area contributed by atoms with E-state index in [9.17, 15) is 9.59 Å². The lowest BCUT2D eigenvalue weighted by Crippen LogP contribution is -2.47. The number of nitrogens with zero attached hydrogens (tertiary/aromatic N) is 5. The molecule has 1 aromatic carbocycles. The second-order valence-corrected chi connectivity index (χ2v) is 8.72. The number of benzene rings is 1. The van der Waals surface area contributed by atoms with E-state index in [-0.39, 0.29) is 11.9 Å². The van der Waals surface area contributed by atoms with Crippen LogP contribution in [0.25, 0.3) is 10.1 Å². The van der Waals surface area contributed by atoms with Crippen LogP contribution in [0.3, 0.4) is 0 Å². The monoisotopic (exact) mass is 423 g/mol. The van der Waals surface area contributed by atoms with Crippen molar-refractivity contribution in [1.29, 1.82) is 0 Å². The van der Waals surface area contributed by atoms with Gasteiger partial charge in [-0.3, -0.25) is 19.2 Å². The number of anilines is 1. The molecule has 1 saturated heterocycles. The van der Waals surface area contributed by atoms with Gasteiger partial charge in [-0.25, -0.2) is 4.79 Å². The van der Waals surface area contributed by atoms with Crippen LogP contribution in [-0.2, 0) is 11.2 Å². The van der Waals surface area contributed by atoms with Gasteiger partial charge in [-0.15, -0.1) is 0 Å². The Morgan fingerprint density at radius 2 is 1.73 bits per heavy atom. The number of imide groups is 1. The Kier molecular flexibility index (Phi) is 5.26. The fraction of sp³-hybridized carbons (Fsp3) is 0.409. The molecule has 30 heavy (non-hydrogen) atoms. The quantitative estimate of drug-likeness (QED) is 0.571. The number of hydrogen-bond donors (Lipinski definition) is 0. The van der Waals surface area contributed by atoms with Crippen molar-refractivity contribution in [3.8, 4) is 0 Å². The summed E-state index contributed by atoms with van der Waals surface area (Å²) in [5.74, 6) is 1.03. The van der Waals surface area contributed by atoms with Crippen molar-refractivity contribution < 1.29 is 9.59 Å². The number of piperazine rings is 1. The van der Waals surface area contributed by atoms with Gasteiger partial charge in [0.1, 0.15) is 5.82 Å². The number of carbonyl (C=O) groups is 2. The minimum Gasteiger partial charge on any atom is -0.353 e. The predicted octanol–water partition coefficient (Wildman–Crippen LogP) is 3.05. The zero-order valence-corrected chi connectivity index (χ0v) is 17.7. The summed E-state index contributed by atoms with van der Waals surface area (Å²) >= 11 is 1.57. The molecule has 2 aliphatic heterocycles. The first-order chi connectivity index (χ1) is 14.7. The van der Waals surface area contributed by atoms with E-state index in [0.717, 1.165) is 57.1 Å². The number of hydrogen-bond acceptors (Lipinski definition) is 6. The Balaban J connectivity index is 1.08. The van der Waals surface area contributed by atoms with Gasteiger partial charge in [0.05, 0.1) is 11.1 Å². The zero-order valence-electron chi connectivity index (χ0n) is 16.9. The standard InChI is InChI=1S/C22H25N5O2S/c28-20-16-17-6-5-11-26(17)22(29)27(20)10-4-3-9-24-12-14-25(15-13-24)21-18-7-1-2-8-19(18)30-23-21/h1-2,5-8,11H,3-4,9-10,12-16H2. The molecule has 0 aliphatic carbocycles. The summed E-state index contributed by atoms with van der Waals surface area (Å²) in [5.41, 5.74) is 0.784. The fourth-order valence-corrected chi connectivity index (χ4v) is 5.14. The van der Waals surface area contributed by atoms with Crippen LogP contribution in [0.4, 0.5) is 10.6 Å². The van der Waals surface area contributed by atoms with Gasteiger partial charge in [0, 0.05) is 50.0 Å². The lowest BCUT2D eigenvalue weighted by molar-refractivity contribution is -0.128. The van der Waals surface area contributed by atoms with Crippen LogP contribution in [-0.4, -0.2) is 69.9 Å². The molecule has 0 unspecified atom stereocenters. The molecule has 8 heteroatoms. The van der Waals surface area contributed by atoms with E-state index in [1.807, 2.05) is 12.1 Å². The van der Waals surface area contributed by atoms with Gasteiger partial charge in [0.2, 0.25) is 5.91 Å². The summed E-state index contributed by atoms with van der Waals surface area (Å²) < 4.78 is 7.50. The largest absolute Gasteiger partial charge is 0.353 e. The highest BCUT2D eigenvalue weighted by atomic mass is 32.1. The number of amides is 2. The topological polar surface area (TPSA) is 61.7 Å². The van der Waals surface area contributed by atoms with E-state index in [1.54, 1.807) is 22.3 Å². The smallest absolute Gasteiger partial charge is 0.335 e. The zero-order chi connectivity index (χ0) is 20.5. The summed E-state index contributed by atoms with van der Waals surface area (Å²) in [4.78, 5) is 31.0. The highest BCUT2D eigenvalue weighted by molar-refractivity contribution is 7.13. The molecule has 3 aromatic rings. The van der Waals surface area contributed by atoms with Gasteiger partial charge in [0.25, 0.3) is 0 Å². The molecule has 0 spiro atoms. The molecule has 0 atom stereocenters. The van der Waals surface area contributed by atoms with E-state index in [4.69, 9.17) is 0 Å².